The monoisotopic (exact) mass is 310 g/mol. The van der Waals surface area contributed by atoms with E-state index in [0.717, 1.165) is 12.8 Å². The van der Waals surface area contributed by atoms with Gasteiger partial charge in [0.1, 0.15) is 11.0 Å². The van der Waals surface area contributed by atoms with E-state index in [-0.39, 0.29) is 23.4 Å². The average molecular weight is 311 g/mol. The minimum atomic E-state index is -0.266. The number of pyridine rings is 1. The number of carbonyl (C=O) groups excluding carboxylic acids is 2. The molecule has 1 aliphatic rings. The van der Waals surface area contributed by atoms with Crippen molar-refractivity contribution < 1.29 is 9.59 Å². The van der Waals surface area contributed by atoms with Crippen LogP contribution in [0.3, 0.4) is 0 Å². The fourth-order valence-corrected chi connectivity index (χ4v) is 2.03. The smallest absolute Gasteiger partial charge is 0.251 e. The molecule has 2 rings (SSSR count). The first kappa shape index (κ1) is 15.6. The predicted molar refractivity (Wildman–Crippen MR) is 81.5 cm³/mol. The quantitative estimate of drug-likeness (QED) is 0.668. The molecule has 7 heteroatoms. The summed E-state index contributed by atoms with van der Waals surface area (Å²) < 4.78 is 0. The molecule has 0 bridgehead atoms. The van der Waals surface area contributed by atoms with Crippen LogP contribution in [-0.2, 0) is 4.79 Å². The van der Waals surface area contributed by atoms with Gasteiger partial charge < -0.3 is 16.0 Å². The van der Waals surface area contributed by atoms with Crippen molar-refractivity contribution in [2.45, 2.75) is 32.2 Å². The van der Waals surface area contributed by atoms with Crippen LogP contribution in [0.25, 0.3) is 0 Å². The van der Waals surface area contributed by atoms with Gasteiger partial charge in [-0.15, -0.1) is 0 Å². The second-order valence-corrected chi connectivity index (χ2v) is 5.33. The van der Waals surface area contributed by atoms with E-state index in [2.05, 4.69) is 20.9 Å². The Morgan fingerprint density at radius 2 is 2.14 bits per heavy atom. The lowest BCUT2D eigenvalue weighted by Crippen LogP contribution is -2.31. The number of nitrogens with one attached hydrogen (secondary N) is 3. The zero-order valence-electron chi connectivity index (χ0n) is 11.9. The molecule has 0 spiro atoms. The molecule has 1 heterocycles. The minimum Gasteiger partial charge on any atom is -0.370 e. The highest BCUT2D eigenvalue weighted by molar-refractivity contribution is 6.29. The Labute approximate surface area is 128 Å². The van der Waals surface area contributed by atoms with Crippen LogP contribution in [0.2, 0.25) is 5.15 Å². The number of amides is 2. The molecule has 2 amide bonds. The number of carbonyl (C=O) groups is 2. The molecule has 3 N–H and O–H groups in total. The summed E-state index contributed by atoms with van der Waals surface area (Å²) >= 11 is 5.88. The number of aromatic nitrogens is 1. The van der Waals surface area contributed by atoms with Crippen molar-refractivity contribution in [1.82, 2.24) is 15.6 Å². The van der Waals surface area contributed by atoms with E-state index in [9.17, 15) is 9.59 Å². The van der Waals surface area contributed by atoms with Gasteiger partial charge in [0.2, 0.25) is 5.91 Å². The maximum absolute atomic E-state index is 12.0. The molecular formula is C14H19ClN4O2. The Balaban J connectivity index is 1.82. The van der Waals surface area contributed by atoms with E-state index >= 15 is 0 Å². The van der Waals surface area contributed by atoms with Crippen molar-refractivity contribution in [3.63, 3.8) is 0 Å². The second kappa shape index (κ2) is 7.26. The standard InChI is InChI=1S/C14H19ClN4O2/c1-2-16-12-8-9(7-11(15)19-12)14(21)17-6-5-13(20)18-10-3-4-10/h7-8,10H,2-6H2,1H3,(H,16,19)(H,17,21)(H,18,20). The topological polar surface area (TPSA) is 83.1 Å². The van der Waals surface area contributed by atoms with Crippen LogP contribution in [-0.4, -0.2) is 35.9 Å². The minimum absolute atomic E-state index is 0.0288. The summed E-state index contributed by atoms with van der Waals surface area (Å²) in [6.45, 7) is 2.92. The summed E-state index contributed by atoms with van der Waals surface area (Å²) in [5.41, 5.74) is 0.425. The van der Waals surface area contributed by atoms with Crippen LogP contribution in [0, 0.1) is 0 Å². The number of nitrogens with zero attached hydrogens (tertiary/aromatic N) is 1. The van der Waals surface area contributed by atoms with Crippen molar-refractivity contribution >= 4 is 29.2 Å². The van der Waals surface area contributed by atoms with Crippen LogP contribution in [0.5, 0.6) is 0 Å². The van der Waals surface area contributed by atoms with Gasteiger partial charge in [0.25, 0.3) is 5.91 Å². The van der Waals surface area contributed by atoms with E-state index in [4.69, 9.17) is 11.6 Å². The number of anilines is 1. The Morgan fingerprint density at radius 3 is 2.81 bits per heavy atom. The zero-order chi connectivity index (χ0) is 15.2. The summed E-state index contributed by atoms with van der Waals surface area (Å²) in [7, 11) is 0. The van der Waals surface area contributed by atoms with Crippen LogP contribution in [0.4, 0.5) is 5.82 Å². The molecule has 0 saturated heterocycles. The lowest BCUT2D eigenvalue weighted by Gasteiger charge is -2.08. The average Bonchev–Trinajstić information content (AvgIpc) is 3.22. The highest BCUT2D eigenvalue weighted by atomic mass is 35.5. The maximum atomic E-state index is 12.0. The SMILES string of the molecule is CCNc1cc(C(=O)NCCC(=O)NC2CC2)cc(Cl)n1. The largest absolute Gasteiger partial charge is 0.370 e. The van der Waals surface area contributed by atoms with Gasteiger partial charge in [-0.3, -0.25) is 9.59 Å². The van der Waals surface area contributed by atoms with Gasteiger partial charge in [-0.25, -0.2) is 4.98 Å². The third-order valence-corrected chi connectivity index (χ3v) is 3.19. The van der Waals surface area contributed by atoms with Gasteiger partial charge in [-0.05, 0) is 31.9 Å². The van der Waals surface area contributed by atoms with Gasteiger partial charge in [-0.2, -0.15) is 0 Å². The van der Waals surface area contributed by atoms with Gasteiger partial charge in [0.05, 0.1) is 0 Å². The fourth-order valence-electron chi connectivity index (χ4n) is 1.82. The van der Waals surface area contributed by atoms with Gasteiger partial charge >= 0.3 is 0 Å². The summed E-state index contributed by atoms with van der Waals surface area (Å²) in [6, 6.07) is 3.48. The first-order chi connectivity index (χ1) is 10.1. The van der Waals surface area contributed by atoms with Crippen LogP contribution in [0.1, 0.15) is 36.5 Å². The molecule has 1 saturated carbocycles. The lowest BCUT2D eigenvalue weighted by atomic mass is 10.2. The molecule has 1 aliphatic carbocycles. The third kappa shape index (κ3) is 5.23. The third-order valence-electron chi connectivity index (χ3n) is 2.99. The summed E-state index contributed by atoms with van der Waals surface area (Å²) in [6.07, 6.45) is 2.39. The van der Waals surface area contributed by atoms with E-state index in [1.807, 2.05) is 6.92 Å². The van der Waals surface area contributed by atoms with Crippen LogP contribution < -0.4 is 16.0 Å². The Morgan fingerprint density at radius 1 is 1.38 bits per heavy atom. The lowest BCUT2D eigenvalue weighted by molar-refractivity contribution is -0.121. The Bertz CT molecular complexity index is 532. The molecule has 21 heavy (non-hydrogen) atoms. The normalized spacial score (nSPS) is 13.6. The highest BCUT2D eigenvalue weighted by Gasteiger charge is 2.22. The van der Waals surface area contributed by atoms with E-state index in [1.54, 1.807) is 6.07 Å². The number of rotatable bonds is 7. The predicted octanol–water partition coefficient (Wildman–Crippen LogP) is 1.57. The maximum Gasteiger partial charge on any atom is 0.251 e. The first-order valence-electron chi connectivity index (χ1n) is 7.07. The van der Waals surface area contributed by atoms with Gasteiger partial charge in [-0.1, -0.05) is 11.6 Å². The molecule has 1 aromatic heterocycles. The Hall–Kier alpha value is -1.82. The van der Waals surface area contributed by atoms with Crippen molar-refractivity contribution in [2.75, 3.05) is 18.4 Å². The highest BCUT2D eigenvalue weighted by Crippen LogP contribution is 2.18. The zero-order valence-corrected chi connectivity index (χ0v) is 12.7. The van der Waals surface area contributed by atoms with E-state index < -0.39 is 0 Å². The van der Waals surface area contributed by atoms with E-state index in [0.29, 0.717) is 30.5 Å². The van der Waals surface area contributed by atoms with E-state index in [1.165, 1.54) is 6.07 Å². The molecule has 0 unspecified atom stereocenters. The molecule has 6 nitrogen and oxygen atoms in total. The fraction of sp³-hybridized carbons (Fsp3) is 0.500. The molecule has 0 aliphatic heterocycles. The van der Waals surface area contributed by atoms with Crippen molar-refractivity contribution in [2.24, 2.45) is 0 Å². The number of halogens is 1. The summed E-state index contributed by atoms with van der Waals surface area (Å²) in [5.74, 6) is 0.262. The summed E-state index contributed by atoms with van der Waals surface area (Å²) in [4.78, 5) is 27.6. The van der Waals surface area contributed by atoms with Crippen molar-refractivity contribution in [3.8, 4) is 0 Å². The second-order valence-electron chi connectivity index (χ2n) is 4.94. The summed E-state index contributed by atoms with van der Waals surface area (Å²) in [5, 5.41) is 8.84. The molecule has 1 fully saturated rings. The van der Waals surface area contributed by atoms with Gasteiger partial charge in [0.15, 0.2) is 0 Å². The molecule has 114 valence electrons. The Kier molecular flexibility index (Phi) is 5.38. The van der Waals surface area contributed by atoms with Gasteiger partial charge in [0, 0.05) is 31.1 Å². The molecule has 0 radical (unpaired) electrons. The molecule has 0 atom stereocenters. The molecule has 0 aromatic carbocycles. The first-order valence-corrected chi connectivity index (χ1v) is 7.45. The number of hydrogen-bond acceptors (Lipinski definition) is 4. The van der Waals surface area contributed by atoms with Crippen LogP contribution in [0.15, 0.2) is 12.1 Å². The van der Waals surface area contributed by atoms with Crippen molar-refractivity contribution in [3.05, 3.63) is 22.8 Å². The van der Waals surface area contributed by atoms with Crippen molar-refractivity contribution in [1.29, 1.82) is 0 Å². The number of hydrogen-bond donors (Lipinski definition) is 3. The molecular weight excluding hydrogens is 292 g/mol. The molecule has 1 aromatic rings. The van der Waals surface area contributed by atoms with Crippen LogP contribution >= 0.6 is 11.6 Å².